The van der Waals surface area contributed by atoms with E-state index in [9.17, 15) is 13.2 Å². The lowest BCUT2D eigenvalue weighted by Crippen LogP contribution is -2.39. The number of halogens is 2. The fraction of sp³-hybridized carbons (Fsp3) is 0.345. The molecule has 0 radical (unpaired) electrons. The van der Waals surface area contributed by atoms with Crippen LogP contribution in [0.15, 0.2) is 76.1 Å². The molecule has 0 N–H and O–H groups in total. The Kier molecular flexibility index (Phi) is 8.79. The van der Waals surface area contributed by atoms with Crippen LogP contribution in [0.5, 0.6) is 0 Å². The van der Waals surface area contributed by atoms with Crippen LogP contribution >= 0.6 is 27.5 Å². The zero-order chi connectivity index (χ0) is 26.7. The number of sulfonamides is 1. The largest absolute Gasteiger partial charge is 0.305 e. The summed E-state index contributed by atoms with van der Waals surface area (Å²) < 4.78 is 29.5. The number of anilines is 1. The van der Waals surface area contributed by atoms with Crippen LogP contribution in [0, 0.1) is 12.8 Å². The van der Waals surface area contributed by atoms with Crippen molar-refractivity contribution in [1.29, 1.82) is 0 Å². The SMILES string of the molecule is Cc1ccc(N(C(=O)c2ccc(Cl)c(S(=O)(=O)N3CCC(Cc4ccccc4)CC3)c2)C(C)C)c(Br)c1. The van der Waals surface area contributed by atoms with E-state index < -0.39 is 10.0 Å². The van der Waals surface area contributed by atoms with E-state index in [1.807, 2.05) is 57.2 Å². The van der Waals surface area contributed by atoms with Gasteiger partial charge in [-0.15, -0.1) is 0 Å². The molecule has 4 rings (SSSR count). The first-order valence-electron chi connectivity index (χ1n) is 12.5. The van der Waals surface area contributed by atoms with Crippen molar-refractivity contribution in [2.75, 3.05) is 18.0 Å². The lowest BCUT2D eigenvalue weighted by molar-refractivity contribution is 0.0980. The molecular formula is C29H32BrClN2O3S. The first-order valence-corrected chi connectivity index (χ1v) is 15.1. The summed E-state index contributed by atoms with van der Waals surface area (Å²) >= 11 is 9.98. The Hall–Kier alpha value is -2.19. The molecule has 3 aromatic carbocycles. The third kappa shape index (κ3) is 6.28. The van der Waals surface area contributed by atoms with Gasteiger partial charge in [-0.3, -0.25) is 4.79 Å². The van der Waals surface area contributed by atoms with Crippen molar-refractivity contribution in [3.05, 3.63) is 92.9 Å². The number of amides is 1. The summed E-state index contributed by atoms with van der Waals surface area (Å²) in [5.41, 5.74) is 3.35. The molecule has 0 saturated carbocycles. The molecule has 0 atom stereocenters. The molecule has 0 aromatic heterocycles. The van der Waals surface area contributed by atoms with Gasteiger partial charge in [0.1, 0.15) is 4.90 Å². The minimum Gasteiger partial charge on any atom is -0.305 e. The predicted octanol–water partition coefficient (Wildman–Crippen LogP) is 7.11. The molecule has 1 saturated heterocycles. The van der Waals surface area contributed by atoms with Crippen LogP contribution in [-0.4, -0.2) is 37.8 Å². The van der Waals surface area contributed by atoms with Crippen molar-refractivity contribution in [3.63, 3.8) is 0 Å². The minimum absolute atomic E-state index is 0.0202. The lowest BCUT2D eigenvalue weighted by atomic mass is 9.91. The third-order valence-corrected chi connectivity index (χ3v) is 9.85. The topological polar surface area (TPSA) is 57.7 Å². The molecule has 196 valence electrons. The molecule has 0 bridgehead atoms. The van der Waals surface area contributed by atoms with Crippen LogP contribution in [0.25, 0.3) is 0 Å². The molecule has 1 fully saturated rings. The number of rotatable bonds is 7. The summed E-state index contributed by atoms with van der Waals surface area (Å²) in [5.74, 6) is 0.152. The van der Waals surface area contributed by atoms with Crippen molar-refractivity contribution < 1.29 is 13.2 Å². The summed E-state index contributed by atoms with van der Waals surface area (Å²) in [5, 5.41) is 0.121. The van der Waals surface area contributed by atoms with Gasteiger partial charge in [-0.05, 0) is 103 Å². The average Bonchev–Trinajstić information content (AvgIpc) is 2.86. The van der Waals surface area contributed by atoms with Gasteiger partial charge in [0.2, 0.25) is 10.0 Å². The highest BCUT2D eigenvalue weighted by atomic mass is 79.9. The van der Waals surface area contributed by atoms with E-state index in [0.29, 0.717) is 19.0 Å². The molecular weight excluding hydrogens is 572 g/mol. The molecule has 3 aromatic rings. The number of aryl methyl sites for hydroxylation is 1. The molecule has 5 nitrogen and oxygen atoms in total. The predicted molar refractivity (Wildman–Crippen MR) is 154 cm³/mol. The summed E-state index contributed by atoms with van der Waals surface area (Å²) in [6.07, 6.45) is 2.51. The first kappa shape index (κ1) is 27.8. The number of benzene rings is 3. The maximum Gasteiger partial charge on any atom is 0.258 e. The van der Waals surface area contributed by atoms with Crippen LogP contribution in [-0.2, 0) is 16.4 Å². The van der Waals surface area contributed by atoms with Crippen LogP contribution in [0.3, 0.4) is 0 Å². The Morgan fingerprint density at radius 2 is 1.73 bits per heavy atom. The van der Waals surface area contributed by atoms with E-state index >= 15 is 0 Å². The second-order valence-electron chi connectivity index (χ2n) is 9.91. The molecule has 1 amide bonds. The zero-order valence-electron chi connectivity index (χ0n) is 21.3. The highest BCUT2D eigenvalue weighted by Gasteiger charge is 2.32. The van der Waals surface area contributed by atoms with Crippen molar-refractivity contribution in [2.24, 2.45) is 5.92 Å². The number of carbonyl (C=O) groups is 1. The van der Waals surface area contributed by atoms with E-state index in [2.05, 4.69) is 28.1 Å². The number of nitrogens with zero attached hydrogens (tertiary/aromatic N) is 2. The number of carbonyl (C=O) groups excluding carboxylic acids is 1. The van der Waals surface area contributed by atoms with Crippen molar-refractivity contribution in [3.8, 4) is 0 Å². The lowest BCUT2D eigenvalue weighted by Gasteiger charge is -2.32. The van der Waals surface area contributed by atoms with Crippen LogP contribution in [0.1, 0.15) is 48.2 Å². The summed E-state index contributed by atoms with van der Waals surface area (Å²) in [7, 11) is -3.85. The van der Waals surface area contributed by atoms with Gasteiger partial charge in [0.05, 0.1) is 10.7 Å². The second-order valence-corrected chi connectivity index (χ2v) is 13.1. The van der Waals surface area contributed by atoms with Crippen LogP contribution in [0.4, 0.5) is 5.69 Å². The van der Waals surface area contributed by atoms with Gasteiger partial charge in [-0.2, -0.15) is 4.31 Å². The Morgan fingerprint density at radius 1 is 1.05 bits per heavy atom. The maximum absolute atomic E-state index is 13.7. The van der Waals surface area contributed by atoms with Crippen LogP contribution < -0.4 is 4.90 Å². The Balaban J connectivity index is 1.56. The molecule has 0 spiro atoms. The third-order valence-electron chi connectivity index (χ3n) is 6.83. The fourth-order valence-corrected chi connectivity index (χ4v) is 7.50. The van der Waals surface area contributed by atoms with E-state index in [1.165, 1.54) is 22.0 Å². The summed E-state index contributed by atoms with van der Waals surface area (Å²) in [6.45, 7) is 6.71. The Morgan fingerprint density at radius 3 is 2.35 bits per heavy atom. The second kappa shape index (κ2) is 11.7. The smallest absolute Gasteiger partial charge is 0.258 e. The molecule has 0 unspecified atom stereocenters. The van der Waals surface area contributed by atoms with Gasteiger partial charge in [0, 0.05) is 29.2 Å². The number of hydrogen-bond acceptors (Lipinski definition) is 3. The van der Waals surface area contributed by atoms with Gasteiger partial charge in [0.25, 0.3) is 5.91 Å². The molecule has 1 heterocycles. The average molecular weight is 604 g/mol. The van der Waals surface area contributed by atoms with Crippen LogP contribution in [0.2, 0.25) is 5.02 Å². The van der Waals surface area contributed by atoms with Gasteiger partial charge in [0.15, 0.2) is 0 Å². The van der Waals surface area contributed by atoms with E-state index in [-0.39, 0.29) is 27.4 Å². The van der Waals surface area contributed by atoms with E-state index in [4.69, 9.17) is 11.6 Å². The normalized spacial score (nSPS) is 15.2. The molecule has 1 aliphatic rings. The van der Waals surface area contributed by atoms with Crippen molar-refractivity contribution >= 4 is 49.1 Å². The first-order chi connectivity index (χ1) is 17.6. The van der Waals surface area contributed by atoms with Crippen molar-refractivity contribution in [2.45, 2.75) is 51.0 Å². The van der Waals surface area contributed by atoms with Crippen molar-refractivity contribution in [1.82, 2.24) is 4.31 Å². The minimum atomic E-state index is -3.85. The monoisotopic (exact) mass is 602 g/mol. The quantitative estimate of drug-likeness (QED) is 0.289. The van der Waals surface area contributed by atoms with Gasteiger partial charge in [-0.1, -0.05) is 48.0 Å². The highest BCUT2D eigenvalue weighted by molar-refractivity contribution is 9.10. The van der Waals surface area contributed by atoms with Gasteiger partial charge < -0.3 is 4.90 Å². The van der Waals surface area contributed by atoms with Gasteiger partial charge in [-0.25, -0.2) is 8.42 Å². The summed E-state index contributed by atoms with van der Waals surface area (Å²) in [6, 6.07) is 20.5. The Labute approximate surface area is 233 Å². The Bertz CT molecular complexity index is 1370. The van der Waals surface area contributed by atoms with E-state index in [0.717, 1.165) is 35.0 Å². The maximum atomic E-state index is 13.7. The summed E-state index contributed by atoms with van der Waals surface area (Å²) in [4.78, 5) is 15.3. The molecule has 0 aliphatic carbocycles. The molecule has 37 heavy (non-hydrogen) atoms. The molecule has 8 heteroatoms. The zero-order valence-corrected chi connectivity index (χ0v) is 24.5. The fourth-order valence-electron chi connectivity index (χ4n) is 4.84. The van der Waals surface area contributed by atoms with Gasteiger partial charge >= 0.3 is 0 Å². The standard InChI is InChI=1S/C29H32BrClN2O3S/c1-20(2)33(27-12-9-21(3)17-25(27)30)29(34)24-10-11-26(31)28(19-24)37(35,36)32-15-13-23(14-16-32)18-22-7-5-4-6-8-22/h4-12,17,19-20,23H,13-16,18H2,1-3H3. The number of piperidine rings is 1. The molecule has 1 aliphatic heterocycles. The number of hydrogen-bond donors (Lipinski definition) is 0. The van der Waals surface area contributed by atoms with E-state index in [1.54, 1.807) is 11.0 Å². The highest BCUT2D eigenvalue weighted by Crippen LogP contribution is 2.33.